The maximum absolute atomic E-state index is 13.0. The first-order valence-corrected chi connectivity index (χ1v) is 9.09. The van der Waals surface area contributed by atoms with Crippen molar-refractivity contribution in [2.45, 2.75) is 64.8 Å². The molecule has 1 aliphatic heterocycles. The van der Waals surface area contributed by atoms with Crippen molar-refractivity contribution >= 4 is 18.3 Å². The third kappa shape index (κ3) is 3.79. The van der Waals surface area contributed by atoms with Gasteiger partial charge in [-0.2, -0.15) is 0 Å². The van der Waals surface area contributed by atoms with E-state index in [1.807, 2.05) is 0 Å². The SMILES string of the molecule is CC1CCN(C(=O)C2CC3CCCC(C2)C3N)CC(C)C1.Cl. The molecule has 0 aromatic rings. The highest BCUT2D eigenvalue weighted by Crippen LogP contribution is 2.42. The Morgan fingerprint density at radius 3 is 2.27 bits per heavy atom. The minimum atomic E-state index is 0. The number of rotatable bonds is 1. The van der Waals surface area contributed by atoms with Gasteiger partial charge in [0.15, 0.2) is 0 Å². The third-order valence-corrected chi connectivity index (χ3v) is 6.30. The number of hydrogen-bond donors (Lipinski definition) is 1. The molecule has 2 N–H and O–H groups in total. The van der Waals surface area contributed by atoms with Crippen molar-refractivity contribution in [2.75, 3.05) is 13.1 Å². The van der Waals surface area contributed by atoms with Gasteiger partial charge in [0, 0.05) is 25.0 Å². The standard InChI is InChI=1S/C18H32N2O.ClH/c1-12-6-7-20(11-13(2)8-12)18(21)16-9-14-4-3-5-15(10-16)17(14)19;/h12-17H,3-11,19H2,1-2H3;1H. The second-order valence-corrected chi connectivity index (χ2v) is 8.22. The Labute approximate surface area is 141 Å². The van der Waals surface area contributed by atoms with Gasteiger partial charge in [0.2, 0.25) is 5.91 Å². The van der Waals surface area contributed by atoms with E-state index in [4.69, 9.17) is 5.73 Å². The summed E-state index contributed by atoms with van der Waals surface area (Å²) in [7, 11) is 0. The van der Waals surface area contributed by atoms with E-state index in [-0.39, 0.29) is 18.3 Å². The van der Waals surface area contributed by atoms with Gasteiger partial charge in [0.05, 0.1) is 0 Å². The smallest absolute Gasteiger partial charge is 0.225 e. The Kier molecular flexibility index (Phi) is 6.18. The number of carbonyl (C=O) groups excluding carboxylic acids is 1. The van der Waals surface area contributed by atoms with Gasteiger partial charge < -0.3 is 10.6 Å². The lowest BCUT2D eigenvalue weighted by atomic mass is 9.65. The van der Waals surface area contributed by atoms with Crippen LogP contribution in [0.4, 0.5) is 0 Å². The van der Waals surface area contributed by atoms with E-state index >= 15 is 0 Å². The summed E-state index contributed by atoms with van der Waals surface area (Å²) in [6.07, 6.45) is 8.36. The van der Waals surface area contributed by atoms with E-state index in [0.29, 0.717) is 29.7 Å². The summed E-state index contributed by atoms with van der Waals surface area (Å²) in [6, 6.07) is 0.367. The van der Waals surface area contributed by atoms with Crippen LogP contribution in [-0.4, -0.2) is 29.9 Å². The third-order valence-electron chi connectivity index (χ3n) is 6.30. The Morgan fingerprint density at radius 2 is 1.64 bits per heavy atom. The van der Waals surface area contributed by atoms with Crippen molar-refractivity contribution in [1.82, 2.24) is 4.90 Å². The highest BCUT2D eigenvalue weighted by Gasteiger charge is 2.41. The molecule has 3 rings (SSSR count). The summed E-state index contributed by atoms with van der Waals surface area (Å²) in [5.74, 6) is 3.33. The van der Waals surface area contributed by atoms with Crippen molar-refractivity contribution in [3.63, 3.8) is 0 Å². The first-order chi connectivity index (χ1) is 10.0. The number of hydrogen-bond acceptors (Lipinski definition) is 2. The molecule has 2 saturated carbocycles. The van der Waals surface area contributed by atoms with Crippen LogP contribution >= 0.6 is 12.4 Å². The Balaban J connectivity index is 0.00000176. The number of halogens is 1. The quantitative estimate of drug-likeness (QED) is 0.801. The van der Waals surface area contributed by atoms with Crippen LogP contribution in [0.15, 0.2) is 0 Å². The average molecular weight is 329 g/mol. The van der Waals surface area contributed by atoms with Crippen LogP contribution in [0, 0.1) is 29.6 Å². The van der Waals surface area contributed by atoms with Gasteiger partial charge in [-0.3, -0.25) is 4.79 Å². The van der Waals surface area contributed by atoms with Crippen molar-refractivity contribution < 1.29 is 4.79 Å². The fourth-order valence-electron chi connectivity index (χ4n) is 5.17. The van der Waals surface area contributed by atoms with Crippen molar-refractivity contribution in [2.24, 2.45) is 35.3 Å². The summed E-state index contributed by atoms with van der Waals surface area (Å²) in [5.41, 5.74) is 6.37. The van der Waals surface area contributed by atoms with Crippen LogP contribution < -0.4 is 5.73 Å². The van der Waals surface area contributed by atoms with Gasteiger partial charge >= 0.3 is 0 Å². The minimum Gasteiger partial charge on any atom is -0.342 e. The van der Waals surface area contributed by atoms with E-state index in [1.54, 1.807) is 0 Å². The van der Waals surface area contributed by atoms with E-state index in [0.717, 1.165) is 31.8 Å². The number of carbonyl (C=O) groups is 1. The molecule has 4 unspecified atom stereocenters. The summed E-state index contributed by atoms with van der Waals surface area (Å²) in [5, 5.41) is 0. The number of likely N-dealkylation sites (tertiary alicyclic amines) is 1. The number of fused-ring (bicyclic) bond motifs is 2. The average Bonchev–Trinajstić information content (AvgIpc) is 2.58. The van der Waals surface area contributed by atoms with E-state index in [2.05, 4.69) is 18.7 Å². The van der Waals surface area contributed by atoms with Crippen molar-refractivity contribution in [1.29, 1.82) is 0 Å². The lowest BCUT2D eigenvalue weighted by molar-refractivity contribution is -0.139. The Bertz CT molecular complexity index is 375. The Hall–Kier alpha value is -0.280. The van der Waals surface area contributed by atoms with Gasteiger partial charge in [0.1, 0.15) is 0 Å². The second-order valence-electron chi connectivity index (χ2n) is 8.22. The molecule has 2 aliphatic carbocycles. The first kappa shape index (κ1) is 18.1. The lowest BCUT2D eigenvalue weighted by Gasteiger charge is -2.44. The van der Waals surface area contributed by atoms with E-state index < -0.39 is 0 Å². The fraction of sp³-hybridized carbons (Fsp3) is 0.944. The largest absolute Gasteiger partial charge is 0.342 e. The monoisotopic (exact) mass is 328 g/mol. The highest BCUT2D eigenvalue weighted by atomic mass is 35.5. The maximum Gasteiger partial charge on any atom is 0.225 e. The molecule has 2 bridgehead atoms. The second kappa shape index (κ2) is 7.53. The van der Waals surface area contributed by atoms with Crippen LogP contribution in [0.25, 0.3) is 0 Å². The molecule has 1 heterocycles. The molecule has 0 radical (unpaired) electrons. The molecule has 3 fully saturated rings. The lowest BCUT2D eigenvalue weighted by Crippen LogP contribution is -2.50. The number of amides is 1. The van der Waals surface area contributed by atoms with Gasteiger partial charge in [-0.15, -0.1) is 12.4 Å². The van der Waals surface area contributed by atoms with Gasteiger partial charge in [-0.1, -0.05) is 20.3 Å². The summed E-state index contributed by atoms with van der Waals surface area (Å²) >= 11 is 0. The normalized spacial score (nSPS) is 42.2. The van der Waals surface area contributed by atoms with Crippen LogP contribution in [0.3, 0.4) is 0 Å². The zero-order valence-electron chi connectivity index (χ0n) is 14.2. The molecule has 0 spiro atoms. The van der Waals surface area contributed by atoms with Crippen LogP contribution in [0.2, 0.25) is 0 Å². The summed E-state index contributed by atoms with van der Waals surface area (Å²) in [6.45, 7) is 6.57. The van der Waals surface area contributed by atoms with E-state index in [9.17, 15) is 4.79 Å². The van der Waals surface area contributed by atoms with Crippen LogP contribution in [0.1, 0.15) is 58.8 Å². The molecular formula is C18H33ClN2O. The summed E-state index contributed by atoms with van der Waals surface area (Å²) < 4.78 is 0. The fourth-order valence-corrected chi connectivity index (χ4v) is 5.17. The number of nitrogens with zero attached hydrogens (tertiary/aromatic N) is 1. The van der Waals surface area contributed by atoms with Crippen molar-refractivity contribution in [3.05, 3.63) is 0 Å². The summed E-state index contributed by atoms with van der Waals surface area (Å²) in [4.78, 5) is 15.2. The molecule has 3 aliphatic rings. The molecule has 1 saturated heterocycles. The molecule has 0 aromatic heterocycles. The molecular weight excluding hydrogens is 296 g/mol. The molecule has 22 heavy (non-hydrogen) atoms. The number of nitrogens with two attached hydrogens (primary N) is 1. The molecule has 4 atom stereocenters. The van der Waals surface area contributed by atoms with Gasteiger partial charge in [-0.05, 0) is 62.2 Å². The zero-order valence-corrected chi connectivity index (χ0v) is 15.0. The Morgan fingerprint density at radius 1 is 1.00 bits per heavy atom. The van der Waals surface area contributed by atoms with Gasteiger partial charge in [0.25, 0.3) is 0 Å². The van der Waals surface area contributed by atoms with E-state index in [1.165, 1.54) is 32.1 Å². The highest BCUT2D eigenvalue weighted by molar-refractivity contribution is 5.85. The topological polar surface area (TPSA) is 46.3 Å². The van der Waals surface area contributed by atoms with Crippen molar-refractivity contribution in [3.8, 4) is 0 Å². The predicted molar refractivity (Wildman–Crippen MR) is 92.9 cm³/mol. The predicted octanol–water partition coefficient (Wildman–Crippen LogP) is 3.46. The first-order valence-electron chi connectivity index (χ1n) is 9.09. The molecule has 128 valence electrons. The molecule has 3 nitrogen and oxygen atoms in total. The van der Waals surface area contributed by atoms with Gasteiger partial charge in [-0.25, -0.2) is 0 Å². The molecule has 1 amide bonds. The minimum absolute atomic E-state index is 0. The van der Waals surface area contributed by atoms with Crippen LogP contribution in [-0.2, 0) is 4.79 Å². The maximum atomic E-state index is 13.0. The molecule has 0 aromatic carbocycles. The zero-order chi connectivity index (χ0) is 15.0. The molecule has 4 heteroatoms. The van der Waals surface area contributed by atoms with Crippen LogP contribution in [0.5, 0.6) is 0 Å².